The Bertz CT molecular complexity index is 231. The largest absolute Gasteiger partial charge is 0.465 e. The summed E-state index contributed by atoms with van der Waals surface area (Å²) in [4.78, 5) is 11.9. The van der Waals surface area contributed by atoms with E-state index in [0.717, 1.165) is 19.6 Å². The van der Waals surface area contributed by atoms with E-state index in [-0.39, 0.29) is 5.97 Å². The van der Waals surface area contributed by atoms with Gasteiger partial charge in [0, 0.05) is 13.2 Å². The molecule has 0 radical (unpaired) electrons. The van der Waals surface area contributed by atoms with E-state index in [2.05, 4.69) is 5.32 Å². The van der Waals surface area contributed by atoms with Crippen LogP contribution in [0.4, 0.5) is 0 Å². The SMILES string of the molecule is CCOC(=O)C12CNCC1CCOC2. The van der Waals surface area contributed by atoms with E-state index in [1.807, 2.05) is 6.92 Å². The summed E-state index contributed by atoms with van der Waals surface area (Å²) in [6, 6.07) is 0. The second-order valence-electron chi connectivity index (χ2n) is 4.05. The molecule has 2 aliphatic heterocycles. The van der Waals surface area contributed by atoms with Crippen LogP contribution in [0.3, 0.4) is 0 Å². The van der Waals surface area contributed by atoms with Crippen LogP contribution in [0.1, 0.15) is 13.3 Å². The monoisotopic (exact) mass is 199 g/mol. The summed E-state index contributed by atoms with van der Waals surface area (Å²) in [5.74, 6) is 0.310. The maximum absolute atomic E-state index is 11.9. The average Bonchev–Trinajstić information content (AvgIpc) is 2.62. The molecule has 14 heavy (non-hydrogen) atoms. The molecule has 0 spiro atoms. The molecule has 4 heteroatoms. The van der Waals surface area contributed by atoms with Crippen molar-refractivity contribution in [2.75, 3.05) is 32.9 Å². The fourth-order valence-corrected chi connectivity index (χ4v) is 2.41. The topological polar surface area (TPSA) is 47.6 Å². The Morgan fingerprint density at radius 1 is 1.71 bits per heavy atom. The number of esters is 1. The minimum Gasteiger partial charge on any atom is -0.465 e. The molecule has 2 heterocycles. The van der Waals surface area contributed by atoms with Crippen LogP contribution in [0.5, 0.6) is 0 Å². The predicted octanol–water partition coefficient (Wildman–Crippen LogP) is 0.176. The Morgan fingerprint density at radius 2 is 2.57 bits per heavy atom. The molecule has 0 aromatic heterocycles. The zero-order valence-corrected chi connectivity index (χ0v) is 8.54. The highest BCUT2D eigenvalue weighted by molar-refractivity contribution is 5.78. The van der Waals surface area contributed by atoms with Crippen LogP contribution >= 0.6 is 0 Å². The van der Waals surface area contributed by atoms with Gasteiger partial charge in [0.2, 0.25) is 0 Å². The lowest BCUT2D eigenvalue weighted by Gasteiger charge is -2.35. The van der Waals surface area contributed by atoms with Crippen molar-refractivity contribution in [3.05, 3.63) is 0 Å². The van der Waals surface area contributed by atoms with Gasteiger partial charge >= 0.3 is 5.97 Å². The number of hydrogen-bond acceptors (Lipinski definition) is 4. The molecule has 0 amide bonds. The predicted molar refractivity (Wildman–Crippen MR) is 50.9 cm³/mol. The van der Waals surface area contributed by atoms with E-state index in [1.54, 1.807) is 0 Å². The van der Waals surface area contributed by atoms with Crippen LogP contribution in [0, 0.1) is 11.3 Å². The molecular weight excluding hydrogens is 182 g/mol. The maximum Gasteiger partial charge on any atom is 0.316 e. The number of ether oxygens (including phenoxy) is 2. The van der Waals surface area contributed by atoms with Crippen LogP contribution < -0.4 is 5.32 Å². The van der Waals surface area contributed by atoms with Crippen molar-refractivity contribution in [3.8, 4) is 0 Å². The van der Waals surface area contributed by atoms with Gasteiger partial charge in [-0.15, -0.1) is 0 Å². The van der Waals surface area contributed by atoms with Gasteiger partial charge < -0.3 is 14.8 Å². The van der Waals surface area contributed by atoms with Crippen molar-refractivity contribution in [3.63, 3.8) is 0 Å². The van der Waals surface area contributed by atoms with Crippen molar-refractivity contribution in [1.29, 1.82) is 0 Å². The second-order valence-corrected chi connectivity index (χ2v) is 4.05. The Labute approximate surface area is 84.0 Å². The van der Waals surface area contributed by atoms with E-state index < -0.39 is 5.41 Å². The summed E-state index contributed by atoms with van der Waals surface area (Å²) in [5.41, 5.74) is -0.395. The van der Waals surface area contributed by atoms with Crippen LogP contribution in [0.15, 0.2) is 0 Å². The normalized spacial score (nSPS) is 36.5. The Kier molecular flexibility index (Phi) is 2.74. The van der Waals surface area contributed by atoms with Gasteiger partial charge in [0.1, 0.15) is 5.41 Å². The van der Waals surface area contributed by atoms with Gasteiger partial charge in [0.25, 0.3) is 0 Å². The van der Waals surface area contributed by atoms with Crippen LogP contribution in [0.25, 0.3) is 0 Å². The maximum atomic E-state index is 11.9. The van der Waals surface area contributed by atoms with Crippen LogP contribution in [0.2, 0.25) is 0 Å². The fourth-order valence-electron chi connectivity index (χ4n) is 2.41. The Morgan fingerprint density at radius 3 is 3.36 bits per heavy atom. The van der Waals surface area contributed by atoms with E-state index >= 15 is 0 Å². The zero-order chi connectivity index (χ0) is 10.0. The third-order valence-corrected chi connectivity index (χ3v) is 3.26. The third-order valence-electron chi connectivity index (χ3n) is 3.26. The smallest absolute Gasteiger partial charge is 0.316 e. The third kappa shape index (κ3) is 1.42. The average molecular weight is 199 g/mol. The molecular formula is C10H17NO3. The summed E-state index contributed by atoms with van der Waals surface area (Å²) >= 11 is 0. The van der Waals surface area contributed by atoms with Crippen molar-refractivity contribution in [1.82, 2.24) is 5.32 Å². The summed E-state index contributed by atoms with van der Waals surface area (Å²) < 4.78 is 10.5. The van der Waals surface area contributed by atoms with Gasteiger partial charge in [-0.2, -0.15) is 0 Å². The van der Waals surface area contributed by atoms with Crippen molar-refractivity contribution in [2.45, 2.75) is 13.3 Å². The lowest BCUT2D eigenvalue weighted by Crippen LogP contribution is -2.47. The van der Waals surface area contributed by atoms with E-state index in [9.17, 15) is 4.79 Å². The highest BCUT2D eigenvalue weighted by Crippen LogP contribution is 2.38. The lowest BCUT2D eigenvalue weighted by atomic mass is 9.76. The number of rotatable bonds is 2. The standard InChI is InChI=1S/C10H17NO3/c1-2-14-9(12)10-6-11-5-8(10)3-4-13-7-10/h8,11H,2-7H2,1H3. The fraction of sp³-hybridized carbons (Fsp3) is 0.900. The highest BCUT2D eigenvalue weighted by Gasteiger charge is 2.52. The number of fused-ring (bicyclic) bond motifs is 1. The minimum atomic E-state index is -0.395. The van der Waals surface area contributed by atoms with Crippen molar-refractivity contribution < 1.29 is 14.3 Å². The molecule has 0 aliphatic carbocycles. The molecule has 2 saturated heterocycles. The molecule has 4 nitrogen and oxygen atoms in total. The summed E-state index contributed by atoms with van der Waals surface area (Å²) in [5, 5.41) is 3.26. The van der Waals surface area contributed by atoms with Gasteiger partial charge in [-0.3, -0.25) is 4.79 Å². The molecule has 2 atom stereocenters. The highest BCUT2D eigenvalue weighted by atomic mass is 16.5. The Balaban J connectivity index is 2.13. The molecule has 1 N–H and O–H groups in total. The van der Waals surface area contributed by atoms with Crippen molar-refractivity contribution >= 4 is 5.97 Å². The molecule has 2 fully saturated rings. The molecule has 2 aliphatic rings. The first-order chi connectivity index (χ1) is 6.79. The second kappa shape index (κ2) is 3.87. The number of carbonyl (C=O) groups is 1. The zero-order valence-electron chi connectivity index (χ0n) is 8.54. The molecule has 0 saturated carbocycles. The number of nitrogens with one attached hydrogen (secondary N) is 1. The van der Waals surface area contributed by atoms with Gasteiger partial charge in [-0.05, 0) is 25.8 Å². The first kappa shape index (κ1) is 9.93. The van der Waals surface area contributed by atoms with Gasteiger partial charge in [0.15, 0.2) is 0 Å². The van der Waals surface area contributed by atoms with Crippen LogP contribution in [-0.2, 0) is 14.3 Å². The Hall–Kier alpha value is -0.610. The first-order valence-corrected chi connectivity index (χ1v) is 5.25. The molecule has 2 unspecified atom stereocenters. The minimum absolute atomic E-state index is 0.0882. The summed E-state index contributed by atoms with van der Waals surface area (Å²) in [6.07, 6.45) is 0.964. The number of carbonyl (C=O) groups excluding carboxylic acids is 1. The molecule has 0 bridgehead atoms. The molecule has 0 aromatic carbocycles. The van der Waals surface area contributed by atoms with Gasteiger partial charge in [0.05, 0.1) is 13.2 Å². The lowest BCUT2D eigenvalue weighted by molar-refractivity contribution is -0.165. The van der Waals surface area contributed by atoms with Crippen LogP contribution in [-0.4, -0.2) is 38.9 Å². The van der Waals surface area contributed by atoms with E-state index in [4.69, 9.17) is 9.47 Å². The van der Waals surface area contributed by atoms with E-state index in [0.29, 0.717) is 25.7 Å². The first-order valence-electron chi connectivity index (χ1n) is 5.25. The molecule has 0 aromatic rings. The van der Waals surface area contributed by atoms with Gasteiger partial charge in [-0.25, -0.2) is 0 Å². The molecule has 2 rings (SSSR count). The summed E-state index contributed by atoms with van der Waals surface area (Å²) in [7, 11) is 0. The number of hydrogen-bond donors (Lipinski definition) is 1. The molecule has 80 valence electrons. The van der Waals surface area contributed by atoms with Crippen molar-refractivity contribution in [2.24, 2.45) is 11.3 Å². The summed E-state index contributed by atoms with van der Waals surface area (Å²) in [6.45, 7) is 5.21. The quantitative estimate of drug-likeness (QED) is 0.644. The van der Waals surface area contributed by atoms with E-state index in [1.165, 1.54) is 0 Å². The van der Waals surface area contributed by atoms with Gasteiger partial charge in [-0.1, -0.05) is 0 Å².